The van der Waals surface area contributed by atoms with Crippen molar-refractivity contribution >= 4 is 15.9 Å². The van der Waals surface area contributed by atoms with Crippen molar-refractivity contribution in [2.24, 2.45) is 0 Å². The second kappa shape index (κ2) is 5.87. The van der Waals surface area contributed by atoms with Crippen LogP contribution in [-0.4, -0.2) is 11.9 Å². The Bertz CT molecular complexity index is 480. The molecule has 2 heteroatoms. The molecule has 0 aliphatic heterocycles. The number of alkyl halides is 1. The lowest BCUT2D eigenvalue weighted by atomic mass is 10.0. The molecule has 0 saturated heterocycles. The number of benzene rings is 2. The minimum Gasteiger partial charge on any atom is -0.492 e. The van der Waals surface area contributed by atoms with E-state index < -0.39 is 0 Å². The zero-order valence-electron chi connectivity index (χ0n) is 9.82. The van der Waals surface area contributed by atoms with Crippen molar-refractivity contribution in [3.05, 3.63) is 54.1 Å². The summed E-state index contributed by atoms with van der Waals surface area (Å²) in [6, 6.07) is 16.6. The summed E-state index contributed by atoms with van der Waals surface area (Å²) in [4.78, 5) is 0. The van der Waals surface area contributed by atoms with Crippen molar-refractivity contribution in [3.63, 3.8) is 0 Å². The number of rotatable bonds is 4. The summed E-state index contributed by atoms with van der Waals surface area (Å²) < 4.78 is 5.82. The van der Waals surface area contributed by atoms with Crippen molar-refractivity contribution in [1.29, 1.82) is 0 Å². The van der Waals surface area contributed by atoms with Crippen LogP contribution < -0.4 is 4.74 Å². The number of para-hydroxylation sites is 1. The second-order valence-electron chi connectivity index (χ2n) is 3.86. The molecule has 0 aliphatic carbocycles. The molecule has 2 aromatic carbocycles. The fourth-order valence-corrected chi connectivity index (χ4v) is 1.99. The second-order valence-corrected chi connectivity index (χ2v) is 4.65. The normalized spacial score (nSPS) is 10.2. The van der Waals surface area contributed by atoms with Crippen LogP contribution in [0.1, 0.15) is 5.56 Å². The van der Waals surface area contributed by atoms with E-state index in [1.165, 1.54) is 11.1 Å². The van der Waals surface area contributed by atoms with Gasteiger partial charge in [-0.15, -0.1) is 0 Å². The van der Waals surface area contributed by atoms with Gasteiger partial charge in [-0.25, -0.2) is 0 Å². The molecule has 0 N–H and O–H groups in total. The van der Waals surface area contributed by atoms with Crippen molar-refractivity contribution < 1.29 is 4.74 Å². The molecule has 0 fully saturated rings. The standard InChI is InChI=1S/C15H15BrO/c1-12-6-5-9-14(15(12)17-11-10-16)13-7-3-2-4-8-13/h2-9H,10-11H2,1H3. The number of hydrogen-bond donors (Lipinski definition) is 0. The Kier molecular flexibility index (Phi) is 4.21. The van der Waals surface area contributed by atoms with Crippen LogP contribution in [0.4, 0.5) is 0 Å². The summed E-state index contributed by atoms with van der Waals surface area (Å²) in [5.74, 6) is 0.984. The minimum atomic E-state index is 0.685. The first kappa shape index (κ1) is 12.2. The van der Waals surface area contributed by atoms with Crippen molar-refractivity contribution in [2.45, 2.75) is 6.92 Å². The fraction of sp³-hybridized carbons (Fsp3) is 0.200. The first-order valence-electron chi connectivity index (χ1n) is 5.66. The molecule has 0 aromatic heterocycles. The van der Waals surface area contributed by atoms with Crippen LogP contribution in [0.15, 0.2) is 48.5 Å². The Morgan fingerprint density at radius 1 is 1.00 bits per heavy atom. The largest absolute Gasteiger partial charge is 0.492 e. The van der Waals surface area contributed by atoms with E-state index in [1.54, 1.807) is 0 Å². The predicted octanol–water partition coefficient (Wildman–Crippen LogP) is 4.44. The van der Waals surface area contributed by atoms with Crippen LogP contribution in [0.5, 0.6) is 5.75 Å². The Balaban J connectivity index is 2.43. The van der Waals surface area contributed by atoms with E-state index in [4.69, 9.17) is 4.74 Å². The van der Waals surface area contributed by atoms with Crippen LogP contribution in [0.25, 0.3) is 11.1 Å². The molecule has 88 valence electrons. The van der Waals surface area contributed by atoms with Crippen LogP contribution in [0.2, 0.25) is 0 Å². The third kappa shape index (κ3) is 2.89. The van der Waals surface area contributed by atoms with Crippen molar-refractivity contribution in [3.8, 4) is 16.9 Å². The minimum absolute atomic E-state index is 0.685. The van der Waals surface area contributed by atoms with Gasteiger partial charge in [0, 0.05) is 10.9 Å². The molecule has 2 aromatic rings. The number of hydrogen-bond acceptors (Lipinski definition) is 1. The zero-order chi connectivity index (χ0) is 12.1. The Hall–Kier alpha value is -1.28. The van der Waals surface area contributed by atoms with Gasteiger partial charge in [-0.2, -0.15) is 0 Å². The van der Waals surface area contributed by atoms with Crippen LogP contribution in [-0.2, 0) is 0 Å². The molecule has 1 nitrogen and oxygen atoms in total. The van der Waals surface area contributed by atoms with Crippen molar-refractivity contribution in [1.82, 2.24) is 0 Å². The highest BCUT2D eigenvalue weighted by atomic mass is 79.9. The molecule has 0 bridgehead atoms. The lowest BCUT2D eigenvalue weighted by Crippen LogP contribution is -2.01. The maximum atomic E-state index is 5.82. The monoisotopic (exact) mass is 290 g/mol. The van der Waals surface area contributed by atoms with E-state index in [-0.39, 0.29) is 0 Å². The average molecular weight is 291 g/mol. The molecular weight excluding hydrogens is 276 g/mol. The molecule has 0 aliphatic rings. The van der Waals surface area contributed by atoms with E-state index in [2.05, 4.69) is 53.2 Å². The van der Waals surface area contributed by atoms with Gasteiger partial charge in [-0.05, 0) is 18.1 Å². The smallest absolute Gasteiger partial charge is 0.130 e. The number of halogens is 1. The third-order valence-electron chi connectivity index (χ3n) is 2.62. The molecule has 0 unspecified atom stereocenters. The summed E-state index contributed by atoms with van der Waals surface area (Å²) in [5, 5.41) is 0.843. The van der Waals surface area contributed by atoms with E-state index >= 15 is 0 Å². The first-order valence-corrected chi connectivity index (χ1v) is 6.79. The van der Waals surface area contributed by atoms with Gasteiger partial charge in [-0.1, -0.05) is 64.5 Å². The predicted molar refractivity (Wildman–Crippen MR) is 75.9 cm³/mol. The van der Waals surface area contributed by atoms with E-state index in [9.17, 15) is 0 Å². The van der Waals surface area contributed by atoms with Gasteiger partial charge in [0.25, 0.3) is 0 Å². The van der Waals surface area contributed by atoms with Gasteiger partial charge < -0.3 is 4.74 Å². The zero-order valence-corrected chi connectivity index (χ0v) is 11.4. The molecule has 0 atom stereocenters. The van der Waals surface area contributed by atoms with Gasteiger partial charge in [-0.3, -0.25) is 0 Å². The van der Waals surface area contributed by atoms with Gasteiger partial charge in [0.1, 0.15) is 5.75 Å². The first-order chi connectivity index (χ1) is 8.33. The number of ether oxygens (including phenoxy) is 1. The third-order valence-corrected chi connectivity index (χ3v) is 2.94. The summed E-state index contributed by atoms with van der Waals surface area (Å²) in [6.45, 7) is 2.76. The van der Waals surface area contributed by atoms with Gasteiger partial charge in [0.2, 0.25) is 0 Å². The van der Waals surface area contributed by atoms with Crippen LogP contribution in [0.3, 0.4) is 0 Å². The van der Waals surface area contributed by atoms with E-state index in [0.29, 0.717) is 6.61 Å². The molecule has 17 heavy (non-hydrogen) atoms. The Morgan fingerprint density at radius 2 is 1.76 bits per heavy atom. The van der Waals surface area contributed by atoms with Crippen LogP contribution in [0, 0.1) is 6.92 Å². The molecule has 0 radical (unpaired) electrons. The van der Waals surface area contributed by atoms with Gasteiger partial charge in [0.05, 0.1) is 6.61 Å². The summed E-state index contributed by atoms with van der Waals surface area (Å²) in [5.41, 5.74) is 3.53. The topological polar surface area (TPSA) is 9.23 Å². The average Bonchev–Trinajstić information content (AvgIpc) is 2.38. The Labute approximate surface area is 111 Å². The number of aryl methyl sites for hydroxylation is 1. The van der Waals surface area contributed by atoms with Crippen molar-refractivity contribution in [2.75, 3.05) is 11.9 Å². The lowest BCUT2D eigenvalue weighted by molar-refractivity contribution is 0.344. The molecule has 2 rings (SSSR count). The molecule has 0 saturated carbocycles. The summed E-state index contributed by atoms with van der Waals surface area (Å²) >= 11 is 3.39. The lowest BCUT2D eigenvalue weighted by Gasteiger charge is -2.13. The van der Waals surface area contributed by atoms with Gasteiger partial charge >= 0.3 is 0 Å². The SMILES string of the molecule is Cc1cccc(-c2ccccc2)c1OCCBr. The summed E-state index contributed by atoms with van der Waals surface area (Å²) in [6.07, 6.45) is 0. The highest BCUT2D eigenvalue weighted by molar-refractivity contribution is 9.09. The molecule has 0 spiro atoms. The maximum Gasteiger partial charge on any atom is 0.130 e. The molecular formula is C15H15BrO. The maximum absolute atomic E-state index is 5.82. The summed E-state index contributed by atoms with van der Waals surface area (Å²) in [7, 11) is 0. The fourth-order valence-electron chi connectivity index (χ4n) is 1.83. The quantitative estimate of drug-likeness (QED) is 0.757. The van der Waals surface area contributed by atoms with Crippen LogP contribution >= 0.6 is 15.9 Å². The van der Waals surface area contributed by atoms with E-state index in [1.807, 2.05) is 18.2 Å². The van der Waals surface area contributed by atoms with E-state index in [0.717, 1.165) is 16.6 Å². The highest BCUT2D eigenvalue weighted by Crippen LogP contribution is 2.32. The molecule has 0 amide bonds. The van der Waals surface area contributed by atoms with Gasteiger partial charge in [0.15, 0.2) is 0 Å². The highest BCUT2D eigenvalue weighted by Gasteiger charge is 2.08. The molecule has 0 heterocycles. The Morgan fingerprint density at radius 3 is 2.47 bits per heavy atom.